The Bertz CT molecular complexity index is 393. The van der Waals surface area contributed by atoms with E-state index in [9.17, 15) is 4.79 Å². The lowest BCUT2D eigenvalue weighted by molar-refractivity contribution is -0.123. The molecule has 1 aromatic rings. The normalized spacial score (nSPS) is 12.0. The molecule has 0 aliphatic heterocycles. The highest BCUT2D eigenvalue weighted by molar-refractivity contribution is 9.10. The third-order valence-corrected chi connectivity index (χ3v) is 3.01. The first-order chi connectivity index (χ1) is 8.02. The smallest absolute Gasteiger partial charge is 0.258 e. The lowest BCUT2D eigenvalue weighted by atomic mass is 10.2. The Hall–Kier alpha value is -1.03. The highest BCUT2D eigenvalue weighted by Gasteiger charge is 2.07. The van der Waals surface area contributed by atoms with Crippen LogP contribution in [0.5, 0.6) is 5.75 Å². The average molecular weight is 300 g/mol. The largest absolute Gasteiger partial charge is 0.484 e. The van der Waals surface area contributed by atoms with Gasteiger partial charge in [-0.25, -0.2) is 0 Å². The fourth-order valence-corrected chi connectivity index (χ4v) is 1.81. The Labute approximate surface area is 111 Å². The number of ether oxygens (including phenoxy) is 1. The maximum atomic E-state index is 11.5. The minimum absolute atomic E-state index is 0.0623. The van der Waals surface area contributed by atoms with Gasteiger partial charge in [0.15, 0.2) is 6.61 Å². The molecule has 1 amide bonds. The molecular weight excluding hydrogens is 282 g/mol. The number of amides is 1. The van der Waals surface area contributed by atoms with Crippen molar-refractivity contribution < 1.29 is 9.53 Å². The molecule has 0 saturated heterocycles. The van der Waals surface area contributed by atoms with E-state index in [1.165, 1.54) is 0 Å². The first-order valence-electron chi connectivity index (χ1n) is 5.71. The van der Waals surface area contributed by atoms with Crippen molar-refractivity contribution in [1.29, 1.82) is 0 Å². The SMILES string of the molecule is CC[C@H](C)NC(=O)COc1ccc(Br)cc1C. The van der Waals surface area contributed by atoms with Gasteiger partial charge in [-0.05, 0) is 44.0 Å². The van der Waals surface area contributed by atoms with E-state index in [1.54, 1.807) is 0 Å². The van der Waals surface area contributed by atoms with Crippen LogP contribution >= 0.6 is 15.9 Å². The molecule has 0 saturated carbocycles. The van der Waals surface area contributed by atoms with Gasteiger partial charge in [-0.15, -0.1) is 0 Å². The minimum Gasteiger partial charge on any atom is -0.484 e. The summed E-state index contributed by atoms with van der Waals surface area (Å²) in [7, 11) is 0. The van der Waals surface area contributed by atoms with Crippen molar-refractivity contribution in [3.8, 4) is 5.75 Å². The molecule has 1 N–H and O–H groups in total. The van der Waals surface area contributed by atoms with Gasteiger partial charge in [-0.1, -0.05) is 22.9 Å². The van der Waals surface area contributed by atoms with E-state index in [0.29, 0.717) is 0 Å². The summed E-state index contributed by atoms with van der Waals surface area (Å²) in [4.78, 5) is 11.5. The second-order valence-corrected chi connectivity index (χ2v) is 4.99. The van der Waals surface area contributed by atoms with Crippen LogP contribution in [-0.2, 0) is 4.79 Å². The highest BCUT2D eigenvalue weighted by Crippen LogP contribution is 2.21. The highest BCUT2D eigenvalue weighted by atomic mass is 79.9. The Kier molecular flexibility index (Phi) is 5.48. The third-order valence-electron chi connectivity index (χ3n) is 2.52. The molecule has 0 bridgehead atoms. The average Bonchev–Trinajstić information content (AvgIpc) is 2.27. The number of hydrogen-bond donors (Lipinski definition) is 1. The number of hydrogen-bond acceptors (Lipinski definition) is 2. The lowest BCUT2D eigenvalue weighted by Crippen LogP contribution is -2.35. The zero-order valence-electron chi connectivity index (χ0n) is 10.4. The molecule has 1 rings (SSSR count). The zero-order chi connectivity index (χ0) is 12.8. The molecule has 0 radical (unpaired) electrons. The number of rotatable bonds is 5. The topological polar surface area (TPSA) is 38.3 Å². The third kappa shape index (κ3) is 4.77. The van der Waals surface area contributed by atoms with Crippen molar-refractivity contribution in [2.45, 2.75) is 33.2 Å². The standard InChI is InChI=1S/C13H18BrNO2/c1-4-10(3)15-13(16)8-17-12-6-5-11(14)7-9(12)2/h5-7,10H,4,8H2,1-3H3,(H,15,16)/t10-/m0/s1. The Morgan fingerprint density at radius 3 is 2.82 bits per heavy atom. The van der Waals surface area contributed by atoms with E-state index in [2.05, 4.69) is 21.2 Å². The van der Waals surface area contributed by atoms with Crippen molar-refractivity contribution in [3.63, 3.8) is 0 Å². The Balaban J connectivity index is 2.47. The van der Waals surface area contributed by atoms with Gasteiger partial charge in [0, 0.05) is 10.5 Å². The Morgan fingerprint density at radius 1 is 1.53 bits per heavy atom. The van der Waals surface area contributed by atoms with Gasteiger partial charge in [0.1, 0.15) is 5.75 Å². The van der Waals surface area contributed by atoms with Gasteiger partial charge in [0.2, 0.25) is 0 Å². The lowest BCUT2D eigenvalue weighted by Gasteiger charge is -2.13. The second-order valence-electron chi connectivity index (χ2n) is 4.08. The van der Waals surface area contributed by atoms with Crippen LogP contribution in [0.4, 0.5) is 0 Å². The summed E-state index contributed by atoms with van der Waals surface area (Å²) in [5.74, 6) is 0.661. The fourth-order valence-electron chi connectivity index (χ4n) is 1.34. The number of aryl methyl sites for hydroxylation is 1. The molecule has 0 fully saturated rings. The molecular formula is C13H18BrNO2. The van der Waals surface area contributed by atoms with Crippen LogP contribution in [0.3, 0.4) is 0 Å². The van der Waals surface area contributed by atoms with Crippen molar-refractivity contribution in [2.75, 3.05) is 6.61 Å². The van der Waals surface area contributed by atoms with Crippen LogP contribution in [0, 0.1) is 6.92 Å². The number of carbonyl (C=O) groups is 1. The molecule has 0 spiro atoms. The summed E-state index contributed by atoms with van der Waals surface area (Å²) in [6, 6.07) is 5.91. The number of carbonyl (C=O) groups excluding carboxylic acids is 1. The summed E-state index contributed by atoms with van der Waals surface area (Å²) < 4.78 is 6.47. The van der Waals surface area contributed by atoms with Crippen molar-refractivity contribution in [3.05, 3.63) is 28.2 Å². The first-order valence-corrected chi connectivity index (χ1v) is 6.50. The van der Waals surface area contributed by atoms with Crippen molar-refractivity contribution >= 4 is 21.8 Å². The molecule has 3 nitrogen and oxygen atoms in total. The summed E-state index contributed by atoms with van der Waals surface area (Å²) in [5.41, 5.74) is 1.01. The summed E-state index contributed by atoms with van der Waals surface area (Å²) in [6.45, 7) is 6.02. The molecule has 1 atom stereocenters. The van der Waals surface area contributed by atoms with Crippen molar-refractivity contribution in [1.82, 2.24) is 5.32 Å². The fraction of sp³-hybridized carbons (Fsp3) is 0.462. The van der Waals surface area contributed by atoms with Crippen LogP contribution in [0.1, 0.15) is 25.8 Å². The van der Waals surface area contributed by atoms with E-state index in [0.717, 1.165) is 22.2 Å². The van der Waals surface area contributed by atoms with E-state index in [4.69, 9.17) is 4.74 Å². The van der Waals surface area contributed by atoms with Crippen LogP contribution < -0.4 is 10.1 Å². The van der Waals surface area contributed by atoms with E-state index in [1.807, 2.05) is 39.0 Å². The maximum absolute atomic E-state index is 11.5. The monoisotopic (exact) mass is 299 g/mol. The van der Waals surface area contributed by atoms with Gasteiger partial charge in [-0.2, -0.15) is 0 Å². The molecule has 0 aliphatic carbocycles. The quantitative estimate of drug-likeness (QED) is 0.907. The van der Waals surface area contributed by atoms with Crippen LogP contribution in [0.2, 0.25) is 0 Å². The molecule has 0 aromatic heterocycles. The van der Waals surface area contributed by atoms with Gasteiger partial charge in [0.05, 0.1) is 0 Å². The van der Waals surface area contributed by atoms with Gasteiger partial charge >= 0.3 is 0 Å². The van der Waals surface area contributed by atoms with E-state index >= 15 is 0 Å². The van der Waals surface area contributed by atoms with Crippen LogP contribution in [0.25, 0.3) is 0 Å². The first kappa shape index (κ1) is 14.0. The molecule has 0 unspecified atom stereocenters. The second kappa shape index (κ2) is 6.64. The zero-order valence-corrected chi connectivity index (χ0v) is 12.0. The number of nitrogens with one attached hydrogen (secondary N) is 1. The Morgan fingerprint density at radius 2 is 2.24 bits per heavy atom. The van der Waals surface area contributed by atoms with Gasteiger partial charge in [0.25, 0.3) is 5.91 Å². The molecule has 0 heterocycles. The minimum atomic E-state index is -0.0818. The molecule has 17 heavy (non-hydrogen) atoms. The molecule has 1 aromatic carbocycles. The summed E-state index contributed by atoms with van der Waals surface area (Å²) in [6.07, 6.45) is 0.920. The molecule has 0 aliphatic rings. The maximum Gasteiger partial charge on any atom is 0.258 e. The molecule has 94 valence electrons. The van der Waals surface area contributed by atoms with Gasteiger partial charge in [-0.3, -0.25) is 4.79 Å². The predicted octanol–water partition coefficient (Wildman–Crippen LogP) is 3.05. The summed E-state index contributed by atoms with van der Waals surface area (Å²) >= 11 is 3.38. The molecule has 4 heteroatoms. The number of benzene rings is 1. The van der Waals surface area contributed by atoms with Crippen LogP contribution in [0.15, 0.2) is 22.7 Å². The summed E-state index contributed by atoms with van der Waals surface area (Å²) in [5, 5.41) is 2.86. The van der Waals surface area contributed by atoms with E-state index in [-0.39, 0.29) is 18.6 Å². The van der Waals surface area contributed by atoms with Crippen LogP contribution in [-0.4, -0.2) is 18.6 Å². The van der Waals surface area contributed by atoms with Gasteiger partial charge < -0.3 is 10.1 Å². The number of halogens is 1. The predicted molar refractivity (Wildman–Crippen MR) is 72.3 cm³/mol. The van der Waals surface area contributed by atoms with E-state index < -0.39 is 0 Å². The van der Waals surface area contributed by atoms with Crippen molar-refractivity contribution in [2.24, 2.45) is 0 Å².